The van der Waals surface area contributed by atoms with Crippen LogP contribution in [0.1, 0.15) is 38.3 Å². The number of hydrogen-bond acceptors (Lipinski definition) is 3. The summed E-state index contributed by atoms with van der Waals surface area (Å²) in [5.41, 5.74) is 3.42. The number of hydrogen-bond donors (Lipinski definition) is 2. The summed E-state index contributed by atoms with van der Waals surface area (Å²) >= 11 is 5.50. The molecule has 0 unspecified atom stereocenters. The third-order valence-corrected chi connectivity index (χ3v) is 5.44. The van der Waals surface area contributed by atoms with E-state index in [9.17, 15) is 0 Å². The average Bonchev–Trinajstić information content (AvgIpc) is 2.72. The molecule has 0 bridgehead atoms. The van der Waals surface area contributed by atoms with Crippen LogP contribution in [-0.2, 0) is 0 Å². The molecule has 5 heteroatoms. The lowest BCUT2D eigenvalue weighted by atomic mass is 9.99. The Morgan fingerprint density at radius 3 is 2.83 bits per heavy atom. The summed E-state index contributed by atoms with van der Waals surface area (Å²) in [6.07, 6.45) is 4.34. The first-order chi connectivity index (χ1) is 14.0. The monoisotopic (exact) mass is 409 g/mol. The smallest absolute Gasteiger partial charge is 0.171 e. The predicted molar refractivity (Wildman–Crippen MR) is 127 cm³/mol. The topological polar surface area (TPSA) is 36.5 Å². The minimum atomic E-state index is 0.115. The van der Waals surface area contributed by atoms with Gasteiger partial charge in [0.15, 0.2) is 5.11 Å². The van der Waals surface area contributed by atoms with Gasteiger partial charge < -0.3 is 20.3 Å². The lowest BCUT2D eigenvalue weighted by molar-refractivity contribution is 0.363. The second kappa shape index (κ2) is 10.3. The van der Waals surface area contributed by atoms with Crippen molar-refractivity contribution in [3.05, 3.63) is 66.7 Å². The van der Waals surface area contributed by atoms with Crippen LogP contribution in [0.25, 0.3) is 0 Å². The fourth-order valence-electron chi connectivity index (χ4n) is 3.66. The molecule has 0 aromatic heterocycles. The van der Waals surface area contributed by atoms with Gasteiger partial charge >= 0.3 is 0 Å². The van der Waals surface area contributed by atoms with E-state index in [-0.39, 0.29) is 6.04 Å². The summed E-state index contributed by atoms with van der Waals surface area (Å²) in [6, 6.07) is 16.7. The van der Waals surface area contributed by atoms with E-state index >= 15 is 0 Å². The van der Waals surface area contributed by atoms with Gasteiger partial charge in [0.1, 0.15) is 12.4 Å². The summed E-state index contributed by atoms with van der Waals surface area (Å²) in [4.78, 5) is 2.49. The van der Waals surface area contributed by atoms with E-state index in [4.69, 9.17) is 17.0 Å². The van der Waals surface area contributed by atoms with Crippen molar-refractivity contribution in [2.75, 3.05) is 29.9 Å². The molecule has 2 atom stereocenters. The Morgan fingerprint density at radius 1 is 1.31 bits per heavy atom. The molecule has 0 aliphatic carbocycles. The SMILES string of the molecule is C=CCOc1cccc(NC(=S)N[C@H](C)c2ccc(N3CCC[C@H](C)C3)cc2)c1. The van der Waals surface area contributed by atoms with Gasteiger partial charge in [0.2, 0.25) is 0 Å². The van der Waals surface area contributed by atoms with E-state index in [1.54, 1.807) is 6.08 Å². The Bertz CT molecular complexity index is 821. The summed E-state index contributed by atoms with van der Waals surface area (Å²) in [7, 11) is 0. The lowest BCUT2D eigenvalue weighted by Gasteiger charge is -2.33. The zero-order chi connectivity index (χ0) is 20.6. The standard InChI is InChI=1S/C24H31N3OS/c1-4-15-28-23-9-5-8-21(16-23)26-24(29)25-19(3)20-10-12-22(13-11-20)27-14-6-7-18(2)17-27/h4-5,8-13,16,18-19H,1,6-7,14-15,17H2,2-3H3,(H2,25,26,29)/t18-,19+/m0/s1. The molecule has 0 spiro atoms. The van der Waals surface area contributed by atoms with Crippen LogP contribution in [-0.4, -0.2) is 24.8 Å². The van der Waals surface area contributed by atoms with Gasteiger partial charge in [0, 0.05) is 30.5 Å². The molecule has 1 aliphatic heterocycles. The summed E-state index contributed by atoms with van der Waals surface area (Å²) in [5.74, 6) is 1.56. The highest BCUT2D eigenvalue weighted by molar-refractivity contribution is 7.80. The maximum absolute atomic E-state index is 5.57. The molecule has 29 heavy (non-hydrogen) atoms. The zero-order valence-corrected chi connectivity index (χ0v) is 18.2. The van der Waals surface area contributed by atoms with Gasteiger partial charge in [0.05, 0.1) is 6.04 Å². The molecule has 2 aromatic rings. The second-order valence-electron chi connectivity index (χ2n) is 7.73. The van der Waals surface area contributed by atoms with Crippen molar-refractivity contribution in [1.82, 2.24) is 5.32 Å². The van der Waals surface area contributed by atoms with Gasteiger partial charge in [-0.2, -0.15) is 0 Å². The molecule has 0 amide bonds. The van der Waals surface area contributed by atoms with Crippen LogP contribution < -0.4 is 20.3 Å². The van der Waals surface area contributed by atoms with Gasteiger partial charge in [-0.1, -0.05) is 37.8 Å². The maximum Gasteiger partial charge on any atom is 0.171 e. The van der Waals surface area contributed by atoms with Crippen molar-refractivity contribution in [3.63, 3.8) is 0 Å². The molecule has 2 N–H and O–H groups in total. The van der Waals surface area contributed by atoms with Crippen LogP contribution in [0.4, 0.5) is 11.4 Å². The summed E-state index contributed by atoms with van der Waals surface area (Å²) in [5, 5.41) is 7.19. The van der Waals surface area contributed by atoms with Gasteiger partial charge in [0.25, 0.3) is 0 Å². The highest BCUT2D eigenvalue weighted by atomic mass is 32.1. The Labute approximate surface area is 180 Å². The highest BCUT2D eigenvalue weighted by Gasteiger charge is 2.17. The van der Waals surface area contributed by atoms with E-state index in [2.05, 4.69) is 60.2 Å². The van der Waals surface area contributed by atoms with Crippen LogP contribution in [0.3, 0.4) is 0 Å². The van der Waals surface area contributed by atoms with Gasteiger partial charge in [-0.05, 0) is 67.7 Å². The first-order valence-electron chi connectivity index (χ1n) is 10.3. The molecule has 0 radical (unpaired) electrons. The van der Waals surface area contributed by atoms with Crippen molar-refractivity contribution in [1.29, 1.82) is 0 Å². The quantitative estimate of drug-likeness (QED) is 0.464. The van der Waals surface area contributed by atoms with Crippen LogP contribution in [0.2, 0.25) is 0 Å². The molecule has 154 valence electrons. The van der Waals surface area contributed by atoms with Crippen molar-refractivity contribution in [3.8, 4) is 5.75 Å². The van der Waals surface area contributed by atoms with Crippen molar-refractivity contribution >= 4 is 28.7 Å². The van der Waals surface area contributed by atoms with E-state index in [1.807, 2.05) is 24.3 Å². The largest absolute Gasteiger partial charge is 0.489 e. The van der Waals surface area contributed by atoms with Crippen LogP contribution >= 0.6 is 12.2 Å². The van der Waals surface area contributed by atoms with Gasteiger partial charge in [-0.3, -0.25) is 0 Å². The molecule has 2 aromatic carbocycles. The fraction of sp³-hybridized carbons (Fsp3) is 0.375. The molecule has 3 rings (SSSR count). The lowest BCUT2D eigenvalue weighted by Crippen LogP contribution is -2.34. The van der Waals surface area contributed by atoms with Crippen molar-refractivity contribution in [2.24, 2.45) is 5.92 Å². The van der Waals surface area contributed by atoms with Crippen molar-refractivity contribution < 1.29 is 4.74 Å². The summed E-state index contributed by atoms with van der Waals surface area (Å²) in [6.45, 7) is 10.9. The van der Waals surface area contributed by atoms with Crippen LogP contribution in [0.15, 0.2) is 61.2 Å². The Balaban J connectivity index is 1.54. The average molecular weight is 410 g/mol. The van der Waals surface area contributed by atoms with Crippen molar-refractivity contribution in [2.45, 2.75) is 32.7 Å². The van der Waals surface area contributed by atoms with Gasteiger partial charge in [-0.15, -0.1) is 0 Å². The zero-order valence-electron chi connectivity index (χ0n) is 17.4. The second-order valence-corrected chi connectivity index (χ2v) is 8.14. The molecule has 4 nitrogen and oxygen atoms in total. The number of nitrogens with zero attached hydrogens (tertiary/aromatic N) is 1. The number of nitrogens with one attached hydrogen (secondary N) is 2. The Morgan fingerprint density at radius 2 is 2.10 bits per heavy atom. The molecule has 1 aliphatic rings. The maximum atomic E-state index is 5.57. The number of piperidine rings is 1. The molecular formula is C24H31N3OS. The van der Waals surface area contributed by atoms with Crippen LogP contribution in [0, 0.1) is 5.92 Å². The number of benzene rings is 2. The first kappa shape index (κ1) is 21.2. The number of anilines is 2. The van der Waals surface area contributed by atoms with E-state index in [1.165, 1.54) is 24.1 Å². The highest BCUT2D eigenvalue weighted by Crippen LogP contribution is 2.25. The van der Waals surface area contributed by atoms with Gasteiger partial charge in [-0.25, -0.2) is 0 Å². The number of ether oxygens (including phenoxy) is 1. The molecular weight excluding hydrogens is 378 g/mol. The summed E-state index contributed by atoms with van der Waals surface area (Å²) < 4.78 is 5.57. The molecule has 0 saturated carbocycles. The van der Waals surface area contributed by atoms with E-state index in [0.29, 0.717) is 11.7 Å². The minimum absolute atomic E-state index is 0.115. The fourth-order valence-corrected chi connectivity index (χ4v) is 3.96. The Kier molecular flexibility index (Phi) is 7.53. The number of thiocarbonyl (C=S) groups is 1. The molecule has 1 fully saturated rings. The minimum Gasteiger partial charge on any atom is -0.489 e. The van der Waals surface area contributed by atoms with E-state index < -0.39 is 0 Å². The first-order valence-corrected chi connectivity index (χ1v) is 10.7. The Hall–Kier alpha value is -2.53. The third-order valence-electron chi connectivity index (χ3n) is 5.22. The third kappa shape index (κ3) is 6.23. The normalized spacial score (nSPS) is 17.3. The number of rotatable bonds is 7. The molecule has 1 saturated heterocycles. The van der Waals surface area contributed by atoms with Crippen LogP contribution in [0.5, 0.6) is 5.75 Å². The van der Waals surface area contributed by atoms with E-state index in [0.717, 1.165) is 30.4 Å². The molecule has 1 heterocycles. The predicted octanol–water partition coefficient (Wildman–Crippen LogP) is 5.54.